The number of ether oxygens (including phenoxy) is 1. The second kappa shape index (κ2) is 3.59. The highest BCUT2D eigenvalue weighted by Crippen LogP contribution is 2.10. The molecule has 0 amide bonds. The first kappa shape index (κ1) is 9.07. The van der Waals surface area contributed by atoms with Crippen molar-refractivity contribution in [1.29, 1.82) is 0 Å². The van der Waals surface area contributed by atoms with Crippen molar-refractivity contribution in [2.24, 2.45) is 0 Å². The number of terminal acetylenes is 1. The van der Waals surface area contributed by atoms with Gasteiger partial charge in [0.15, 0.2) is 5.69 Å². The van der Waals surface area contributed by atoms with Crippen LogP contribution in [0.2, 0.25) is 0 Å². The van der Waals surface area contributed by atoms with Gasteiger partial charge in [-0.05, 0) is 6.07 Å². The maximum atomic E-state index is 11.0. The highest BCUT2D eigenvalue weighted by molar-refractivity contribution is 5.92. The Kier molecular flexibility index (Phi) is 2.50. The molecule has 13 heavy (non-hydrogen) atoms. The SMILES string of the molecule is C#Cc1cnc(C(=O)OC)c(N)c1. The van der Waals surface area contributed by atoms with Crippen molar-refractivity contribution < 1.29 is 9.53 Å². The molecule has 2 N–H and O–H groups in total. The third kappa shape index (κ3) is 1.76. The van der Waals surface area contributed by atoms with Gasteiger partial charge in [0.25, 0.3) is 0 Å². The highest BCUT2D eigenvalue weighted by atomic mass is 16.5. The molecule has 1 rings (SSSR count). The van der Waals surface area contributed by atoms with Gasteiger partial charge in [-0.15, -0.1) is 6.42 Å². The number of methoxy groups -OCH3 is 1. The van der Waals surface area contributed by atoms with Crippen LogP contribution in [0.5, 0.6) is 0 Å². The Hall–Kier alpha value is -2.02. The number of rotatable bonds is 1. The van der Waals surface area contributed by atoms with E-state index in [-0.39, 0.29) is 11.4 Å². The molecular weight excluding hydrogens is 168 g/mol. The molecule has 0 bridgehead atoms. The lowest BCUT2D eigenvalue weighted by Crippen LogP contribution is -2.08. The van der Waals surface area contributed by atoms with Crippen molar-refractivity contribution in [3.05, 3.63) is 23.5 Å². The first-order valence-electron chi connectivity index (χ1n) is 3.49. The fourth-order valence-electron chi connectivity index (χ4n) is 0.828. The lowest BCUT2D eigenvalue weighted by Gasteiger charge is -2.01. The molecule has 1 aromatic rings. The molecule has 0 fully saturated rings. The van der Waals surface area contributed by atoms with E-state index in [0.29, 0.717) is 5.56 Å². The lowest BCUT2D eigenvalue weighted by atomic mass is 10.2. The summed E-state index contributed by atoms with van der Waals surface area (Å²) in [4.78, 5) is 14.8. The van der Waals surface area contributed by atoms with Gasteiger partial charge in [0.05, 0.1) is 12.8 Å². The van der Waals surface area contributed by atoms with Gasteiger partial charge < -0.3 is 10.5 Å². The number of anilines is 1. The van der Waals surface area contributed by atoms with Gasteiger partial charge in [-0.25, -0.2) is 9.78 Å². The van der Waals surface area contributed by atoms with Crippen LogP contribution in [-0.4, -0.2) is 18.1 Å². The molecule has 0 atom stereocenters. The normalized spacial score (nSPS) is 8.92. The van der Waals surface area contributed by atoms with Crippen LogP contribution in [0.15, 0.2) is 12.3 Å². The monoisotopic (exact) mass is 176 g/mol. The van der Waals surface area contributed by atoms with E-state index in [1.807, 2.05) is 0 Å². The Morgan fingerprint density at radius 2 is 2.46 bits per heavy atom. The van der Waals surface area contributed by atoms with Crippen LogP contribution < -0.4 is 5.73 Å². The molecule has 66 valence electrons. The number of carbonyl (C=O) groups is 1. The third-order valence-corrected chi connectivity index (χ3v) is 1.46. The Labute approximate surface area is 75.7 Å². The molecule has 0 aliphatic heterocycles. The summed E-state index contributed by atoms with van der Waals surface area (Å²) in [5.74, 6) is 1.79. The predicted molar refractivity (Wildman–Crippen MR) is 47.9 cm³/mol. The minimum Gasteiger partial charge on any atom is -0.464 e. The van der Waals surface area contributed by atoms with Crippen LogP contribution in [-0.2, 0) is 4.74 Å². The Morgan fingerprint density at radius 3 is 2.92 bits per heavy atom. The summed E-state index contributed by atoms with van der Waals surface area (Å²) in [6.07, 6.45) is 6.51. The molecule has 4 nitrogen and oxygen atoms in total. The van der Waals surface area contributed by atoms with E-state index in [1.54, 1.807) is 0 Å². The zero-order valence-electron chi connectivity index (χ0n) is 7.07. The number of nitrogen functional groups attached to an aromatic ring is 1. The minimum atomic E-state index is -0.568. The smallest absolute Gasteiger partial charge is 0.358 e. The number of hydrogen-bond acceptors (Lipinski definition) is 4. The number of pyridine rings is 1. The van der Waals surface area contributed by atoms with Crippen molar-refractivity contribution in [2.75, 3.05) is 12.8 Å². The average Bonchev–Trinajstić information content (AvgIpc) is 2.16. The van der Waals surface area contributed by atoms with E-state index in [4.69, 9.17) is 12.2 Å². The van der Waals surface area contributed by atoms with E-state index in [9.17, 15) is 4.79 Å². The van der Waals surface area contributed by atoms with Crippen molar-refractivity contribution in [1.82, 2.24) is 4.98 Å². The van der Waals surface area contributed by atoms with Gasteiger partial charge in [0.1, 0.15) is 0 Å². The molecule has 0 unspecified atom stereocenters. The molecule has 1 heterocycles. The van der Waals surface area contributed by atoms with E-state index in [1.165, 1.54) is 19.4 Å². The van der Waals surface area contributed by atoms with Gasteiger partial charge in [0, 0.05) is 11.8 Å². The number of esters is 1. The topological polar surface area (TPSA) is 65.2 Å². The second-order valence-electron chi connectivity index (χ2n) is 2.30. The first-order valence-corrected chi connectivity index (χ1v) is 3.49. The van der Waals surface area contributed by atoms with E-state index >= 15 is 0 Å². The minimum absolute atomic E-state index is 0.0847. The Bertz CT molecular complexity index is 380. The number of nitrogens with zero attached hydrogens (tertiary/aromatic N) is 1. The summed E-state index contributed by atoms with van der Waals surface area (Å²) in [7, 11) is 1.26. The van der Waals surface area contributed by atoms with Crippen LogP contribution in [0, 0.1) is 12.3 Å². The summed E-state index contributed by atoms with van der Waals surface area (Å²) < 4.78 is 4.46. The fourth-order valence-corrected chi connectivity index (χ4v) is 0.828. The predicted octanol–water partition coefficient (Wildman–Crippen LogP) is 0.432. The van der Waals surface area contributed by atoms with Gasteiger partial charge in [-0.1, -0.05) is 5.92 Å². The number of carbonyl (C=O) groups excluding carboxylic acids is 1. The summed E-state index contributed by atoms with van der Waals surface area (Å²) in [5, 5.41) is 0. The maximum absolute atomic E-state index is 11.0. The average molecular weight is 176 g/mol. The van der Waals surface area contributed by atoms with Crippen LogP contribution in [0.3, 0.4) is 0 Å². The van der Waals surface area contributed by atoms with Gasteiger partial charge in [-0.3, -0.25) is 0 Å². The van der Waals surface area contributed by atoms with Gasteiger partial charge >= 0.3 is 5.97 Å². The van der Waals surface area contributed by atoms with Crippen molar-refractivity contribution in [3.8, 4) is 12.3 Å². The first-order chi connectivity index (χ1) is 6.19. The Morgan fingerprint density at radius 1 is 1.77 bits per heavy atom. The van der Waals surface area contributed by atoms with Gasteiger partial charge in [-0.2, -0.15) is 0 Å². The number of nitrogens with two attached hydrogens (primary N) is 1. The van der Waals surface area contributed by atoms with E-state index in [0.717, 1.165) is 0 Å². The number of hydrogen-bond donors (Lipinski definition) is 1. The van der Waals surface area contributed by atoms with Crippen LogP contribution in [0.25, 0.3) is 0 Å². The van der Waals surface area contributed by atoms with Crippen molar-refractivity contribution in [2.45, 2.75) is 0 Å². The third-order valence-electron chi connectivity index (χ3n) is 1.46. The second-order valence-corrected chi connectivity index (χ2v) is 2.30. The van der Waals surface area contributed by atoms with Crippen molar-refractivity contribution in [3.63, 3.8) is 0 Å². The molecule has 1 aromatic heterocycles. The molecule has 0 radical (unpaired) electrons. The summed E-state index contributed by atoms with van der Waals surface area (Å²) in [6, 6.07) is 1.50. The van der Waals surface area contributed by atoms with E-state index in [2.05, 4.69) is 15.6 Å². The van der Waals surface area contributed by atoms with Crippen LogP contribution in [0.4, 0.5) is 5.69 Å². The quantitative estimate of drug-likeness (QED) is 0.498. The fraction of sp³-hybridized carbons (Fsp3) is 0.111. The standard InChI is InChI=1S/C9H8N2O2/c1-3-6-4-7(10)8(11-5-6)9(12)13-2/h1,4-5H,10H2,2H3. The Balaban J connectivity index is 3.14. The molecule has 4 heteroatoms. The molecule has 0 saturated carbocycles. The number of aromatic nitrogens is 1. The van der Waals surface area contributed by atoms with Crippen molar-refractivity contribution >= 4 is 11.7 Å². The largest absolute Gasteiger partial charge is 0.464 e. The molecule has 0 aliphatic carbocycles. The van der Waals surface area contributed by atoms with Gasteiger partial charge in [0.2, 0.25) is 0 Å². The summed E-state index contributed by atoms with van der Waals surface area (Å²) in [5.41, 5.74) is 6.36. The summed E-state index contributed by atoms with van der Waals surface area (Å²) >= 11 is 0. The molecule has 0 aliphatic rings. The molecular formula is C9H8N2O2. The molecule has 0 saturated heterocycles. The lowest BCUT2D eigenvalue weighted by molar-refractivity contribution is 0.0595. The summed E-state index contributed by atoms with van der Waals surface area (Å²) in [6.45, 7) is 0. The zero-order chi connectivity index (χ0) is 9.84. The zero-order valence-corrected chi connectivity index (χ0v) is 7.07. The van der Waals surface area contributed by atoms with Crippen LogP contribution >= 0.6 is 0 Å². The van der Waals surface area contributed by atoms with E-state index < -0.39 is 5.97 Å². The maximum Gasteiger partial charge on any atom is 0.358 e. The molecule has 0 spiro atoms. The molecule has 0 aromatic carbocycles. The highest BCUT2D eigenvalue weighted by Gasteiger charge is 2.11. The van der Waals surface area contributed by atoms with Crippen LogP contribution in [0.1, 0.15) is 16.1 Å².